The highest BCUT2D eigenvalue weighted by Gasteiger charge is 2.19. The first-order valence-electron chi connectivity index (χ1n) is 7.44. The van der Waals surface area contributed by atoms with Crippen LogP contribution in [0.4, 0.5) is 4.39 Å². The summed E-state index contributed by atoms with van der Waals surface area (Å²) >= 11 is 0. The van der Waals surface area contributed by atoms with Crippen LogP contribution in [0.5, 0.6) is 0 Å². The summed E-state index contributed by atoms with van der Waals surface area (Å²) in [6.07, 6.45) is 4.16. The first kappa shape index (κ1) is 14.2. The molecule has 1 aliphatic heterocycles. The van der Waals surface area contributed by atoms with Gasteiger partial charge in [0, 0.05) is 18.8 Å². The van der Waals surface area contributed by atoms with Crippen molar-refractivity contribution in [2.45, 2.75) is 25.4 Å². The quantitative estimate of drug-likeness (QED) is 0.936. The minimum absolute atomic E-state index is 0.223. The van der Waals surface area contributed by atoms with Crippen LogP contribution in [0.15, 0.2) is 36.5 Å². The van der Waals surface area contributed by atoms with Crippen molar-refractivity contribution < 1.29 is 4.39 Å². The van der Waals surface area contributed by atoms with Gasteiger partial charge in [0.05, 0.1) is 11.4 Å². The van der Waals surface area contributed by atoms with E-state index in [1.165, 1.54) is 25.0 Å². The Balaban J connectivity index is 1.74. The molecule has 0 amide bonds. The van der Waals surface area contributed by atoms with Crippen molar-refractivity contribution in [1.29, 1.82) is 0 Å². The predicted octanol–water partition coefficient (Wildman–Crippen LogP) is 2.20. The molecule has 2 aromatic rings. The molecule has 1 aromatic carbocycles. The maximum Gasteiger partial charge on any atom is 0.123 e. The average molecular weight is 288 g/mol. The number of benzene rings is 1. The minimum Gasteiger partial charge on any atom is -0.317 e. The van der Waals surface area contributed by atoms with E-state index in [1.807, 2.05) is 10.7 Å². The molecular formula is C16H21FN4. The predicted molar refractivity (Wildman–Crippen MR) is 80.9 cm³/mol. The Hall–Kier alpha value is -1.72. The van der Waals surface area contributed by atoms with Gasteiger partial charge in [-0.3, -0.25) is 4.90 Å². The van der Waals surface area contributed by atoms with Crippen LogP contribution in [0.3, 0.4) is 0 Å². The van der Waals surface area contributed by atoms with Gasteiger partial charge in [0.15, 0.2) is 0 Å². The second kappa shape index (κ2) is 6.37. The summed E-state index contributed by atoms with van der Waals surface area (Å²) in [7, 11) is 2.16. The SMILES string of the molecule is CN(Cc1ccnn1-c1ccc(F)cc1)C1CCNCC1. The molecule has 0 saturated carbocycles. The molecule has 1 fully saturated rings. The van der Waals surface area contributed by atoms with Crippen molar-refractivity contribution in [2.75, 3.05) is 20.1 Å². The zero-order valence-electron chi connectivity index (χ0n) is 12.3. The van der Waals surface area contributed by atoms with E-state index in [4.69, 9.17) is 0 Å². The molecule has 0 spiro atoms. The van der Waals surface area contributed by atoms with Crippen LogP contribution in [-0.4, -0.2) is 40.9 Å². The van der Waals surface area contributed by atoms with E-state index in [0.29, 0.717) is 6.04 Å². The van der Waals surface area contributed by atoms with Crippen LogP contribution in [0.25, 0.3) is 5.69 Å². The fourth-order valence-corrected chi connectivity index (χ4v) is 2.90. The second-order valence-electron chi connectivity index (χ2n) is 5.61. The molecule has 0 atom stereocenters. The van der Waals surface area contributed by atoms with Gasteiger partial charge in [0.2, 0.25) is 0 Å². The van der Waals surface area contributed by atoms with Gasteiger partial charge in [-0.2, -0.15) is 5.10 Å². The van der Waals surface area contributed by atoms with E-state index in [-0.39, 0.29) is 5.82 Å². The van der Waals surface area contributed by atoms with Gasteiger partial charge in [-0.15, -0.1) is 0 Å². The Morgan fingerprint density at radius 1 is 1.24 bits per heavy atom. The molecule has 21 heavy (non-hydrogen) atoms. The van der Waals surface area contributed by atoms with E-state index in [9.17, 15) is 4.39 Å². The smallest absolute Gasteiger partial charge is 0.123 e. The number of nitrogens with one attached hydrogen (secondary N) is 1. The summed E-state index contributed by atoms with van der Waals surface area (Å²) in [5, 5.41) is 7.76. The van der Waals surface area contributed by atoms with E-state index >= 15 is 0 Å². The zero-order chi connectivity index (χ0) is 14.7. The van der Waals surface area contributed by atoms with Crippen LogP contribution in [0.2, 0.25) is 0 Å². The molecule has 4 nitrogen and oxygen atoms in total. The molecule has 0 aliphatic carbocycles. The van der Waals surface area contributed by atoms with Gasteiger partial charge in [-0.05, 0) is 63.3 Å². The summed E-state index contributed by atoms with van der Waals surface area (Å²) in [5.41, 5.74) is 2.03. The summed E-state index contributed by atoms with van der Waals surface area (Å²) in [5.74, 6) is -0.223. The third-order valence-electron chi connectivity index (χ3n) is 4.14. The standard InChI is InChI=1S/C16H21FN4/c1-20(14-6-9-18-10-7-14)12-16-8-11-19-21(16)15-4-2-13(17)3-5-15/h2-5,8,11,14,18H,6-7,9-10,12H2,1H3. The van der Waals surface area contributed by atoms with Gasteiger partial charge in [-0.25, -0.2) is 9.07 Å². The molecule has 1 saturated heterocycles. The number of rotatable bonds is 4. The lowest BCUT2D eigenvalue weighted by molar-refractivity contribution is 0.188. The highest BCUT2D eigenvalue weighted by Crippen LogP contribution is 2.16. The molecule has 3 rings (SSSR count). The molecule has 112 valence electrons. The highest BCUT2D eigenvalue weighted by molar-refractivity contribution is 5.32. The van der Waals surface area contributed by atoms with Crippen molar-refractivity contribution >= 4 is 0 Å². The summed E-state index contributed by atoms with van der Waals surface area (Å²) in [4.78, 5) is 2.39. The Morgan fingerprint density at radius 2 is 1.95 bits per heavy atom. The van der Waals surface area contributed by atoms with Crippen molar-refractivity contribution in [2.24, 2.45) is 0 Å². The van der Waals surface area contributed by atoms with Crippen molar-refractivity contribution in [1.82, 2.24) is 20.0 Å². The number of nitrogens with zero attached hydrogens (tertiary/aromatic N) is 3. The molecule has 0 unspecified atom stereocenters. The fraction of sp³-hybridized carbons (Fsp3) is 0.438. The van der Waals surface area contributed by atoms with Gasteiger partial charge >= 0.3 is 0 Å². The average Bonchev–Trinajstić information content (AvgIpc) is 2.97. The van der Waals surface area contributed by atoms with Crippen molar-refractivity contribution in [3.8, 4) is 5.69 Å². The van der Waals surface area contributed by atoms with Gasteiger partial charge < -0.3 is 5.32 Å². The minimum atomic E-state index is -0.223. The number of halogens is 1. The summed E-state index contributed by atoms with van der Waals surface area (Å²) < 4.78 is 14.9. The number of piperidine rings is 1. The first-order chi connectivity index (χ1) is 10.2. The fourth-order valence-electron chi connectivity index (χ4n) is 2.90. The molecule has 2 heterocycles. The normalized spacial score (nSPS) is 16.5. The Labute approximate surface area is 124 Å². The van der Waals surface area contributed by atoms with Crippen LogP contribution in [-0.2, 0) is 6.54 Å². The molecule has 0 radical (unpaired) electrons. The van der Waals surface area contributed by atoms with Crippen molar-refractivity contribution in [3.05, 3.63) is 48.0 Å². The maximum absolute atomic E-state index is 13.0. The molecule has 0 bridgehead atoms. The Bertz CT molecular complexity index is 572. The van der Waals surface area contributed by atoms with E-state index in [2.05, 4.69) is 22.4 Å². The largest absolute Gasteiger partial charge is 0.317 e. The van der Waals surface area contributed by atoms with Crippen LogP contribution < -0.4 is 5.32 Å². The highest BCUT2D eigenvalue weighted by atomic mass is 19.1. The number of hydrogen-bond acceptors (Lipinski definition) is 3. The summed E-state index contributed by atoms with van der Waals surface area (Å²) in [6, 6.07) is 9.10. The molecule has 1 aromatic heterocycles. The maximum atomic E-state index is 13.0. The van der Waals surface area contributed by atoms with Crippen molar-refractivity contribution in [3.63, 3.8) is 0 Å². The lowest BCUT2D eigenvalue weighted by Gasteiger charge is -2.31. The van der Waals surface area contributed by atoms with Crippen LogP contribution in [0, 0.1) is 5.82 Å². The molecule has 1 aliphatic rings. The first-order valence-corrected chi connectivity index (χ1v) is 7.44. The van der Waals surface area contributed by atoms with Crippen LogP contribution in [0.1, 0.15) is 18.5 Å². The van der Waals surface area contributed by atoms with Gasteiger partial charge in [0.25, 0.3) is 0 Å². The topological polar surface area (TPSA) is 33.1 Å². The van der Waals surface area contributed by atoms with E-state index in [1.54, 1.807) is 18.3 Å². The Morgan fingerprint density at radius 3 is 2.67 bits per heavy atom. The zero-order valence-corrected chi connectivity index (χ0v) is 12.3. The van der Waals surface area contributed by atoms with E-state index < -0.39 is 0 Å². The second-order valence-corrected chi connectivity index (χ2v) is 5.61. The van der Waals surface area contributed by atoms with E-state index in [0.717, 1.165) is 31.0 Å². The number of aromatic nitrogens is 2. The number of hydrogen-bond donors (Lipinski definition) is 1. The molecule has 1 N–H and O–H groups in total. The lowest BCUT2D eigenvalue weighted by Crippen LogP contribution is -2.41. The van der Waals surface area contributed by atoms with Crippen LogP contribution >= 0.6 is 0 Å². The molecule has 5 heteroatoms. The monoisotopic (exact) mass is 288 g/mol. The third kappa shape index (κ3) is 3.31. The Kier molecular flexibility index (Phi) is 4.31. The van der Waals surface area contributed by atoms with Gasteiger partial charge in [0.1, 0.15) is 5.82 Å². The summed E-state index contributed by atoms with van der Waals surface area (Å²) in [6.45, 7) is 3.03. The lowest BCUT2D eigenvalue weighted by atomic mass is 10.1. The van der Waals surface area contributed by atoms with Gasteiger partial charge in [-0.1, -0.05) is 0 Å². The third-order valence-corrected chi connectivity index (χ3v) is 4.14. The molecular weight excluding hydrogens is 267 g/mol.